The van der Waals surface area contributed by atoms with Crippen LogP contribution in [0.3, 0.4) is 0 Å². The first-order chi connectivity index (χ1) is 8.17. The third-order valence-corrected chi connectivity index (χ3v) is 2.62. The number of hydrogen-bond donors (Lipinski definition) is 1. The van der Waals surface area contributed by atoms with Gasteiger partial charge < -0.3 is 10.5 Å². The number of carbonyl (C=O) groups excluding carboxylic acids is 1. The number of rotatable bonds is 6. The maximum Gasteiger partial charge on any atom is 0.322 e. The summed E-state index contributed by atoms with van der Waals surface area (Å²) in [7, 11) is 1.35. The van der Waals surface area contributed by atoms with Gasteiger partial charge in [0.05, 0.1) is 7.11 Å². The predicted molar refractivity (Wildman–Crippen MR) is 68.7 cm³/mol. The Morgan fingerprint density at radius 3 is 2.53 bits per heavy atom. The molecule has 1 rings (SSSR count). The van der Waals surface area contributed by atoms with Crippen LogP contribution in [-0.4, -0.2) is 19.1 Å². The van der Waals surface area contributed by atoms with Gasteiger partial charge in [-0.25, -0.2) is 0 Å². The van der Waals surface area contributed by atoms with Gasteiger partial charge in [0.2, 0.25) is 0 Å². The van der Waals surface area contributed by atoms with Crippen molar-refractivity contribution in [3.05, 3.63) is 48.0 Å². The van der Waals surface area contributed by atoms with Crippen molar-refractivity contribution in [3.8, 4) is 0 Å². The van der Waals surface area contributed by atoms with E-state index in [4.69, 9.17) is 5.73 Å². The van der Waals surface area contributed by atoms with Gasteiger partial charge in [-0.05, 0) is 30.4 Å². The van der Waals surface area contributed by atoms with Gasteiger partial charge in [-0.1, -0.05) is 30.3 Å². The monoisotopic (exact) mass is 233 g/mol. The molecule has 0 bridgehead atoms. The second-order valence-corrected chi connectivity index (χ2v) is 3.98. The molecular formula is C14H19NO2. The average Bonchev–Trinajstić information content (AvgIpc) is 2.37. The first kappa shape index (κ1) is 13.5. The Morgan fingerprint density at radius 2 is 2.00 bits per heavy atom. The average molecular weight is 233 g/mol. The molecule has 0 radical (unpaired) electrons. The molecule has 0 amide bonds. The summed E-state index contributed by atoms with van der Waals surface area (Å²) in [5, 5.41) is 0. The fraction of sp³-hybridized carbons (Fsp3) is 0.357. The summed E-state index contributed by atoms with van der Waals surface area (Å²) < 4.78 is 4.59. The molecule has 0 aromatic heterocycles. The van der Waals surface area contributed by atoms with Crippen LogP contribution in [0.15, 0.2) is 36.9 Å². The number of hydrogen-bond acceptors (Lipinski definition) is 3. The van der Waals surface area contributed by atoms with Crippen LogP contribution in [-0.2, 0) is 22.4 Å². The van der Waals surface area contributed by atoms with E-state index in [-0.39, 0.29) is 5.97 Å². The first-order valence-electron chi connectivity index (χ1n) is 5.69. The molecule has 0 saturated heterocycles. The van der Waals surface area contributed by atoms with Crippen LogP contribution < -0.4 is 5.73 Å². The summed E-state index contributed by atoms with van der Waals surface area (Å²) in [6.07, 6.45) is 4.38. The third-order valence-electron chi connectivity index (χ3n) is 2.62. The van der Waals surface area contributed by atoms with Crippen molar-refractivity contribution in [2.45, 2.75) is 25.3 Å². The Morgan fingerprint density at radius 1 is 1.41 bits per heavy atom. The van der Waals surface area contributed by atoms with Crippen LogP contribution in [0.25, 0.3) is 0 Å². The second kappa shape index (κ2) is 6.86. The molecule has 0 aliphatic heterocycles. The van der Waals surface area contributed by atoms with E-state index in [0.717, 1.165) is 18.4 Å². The van der Waals surface area contributed by atoms with E-state index in [1.165, 1.54) is 12.7 Å². The highest BCUT2D eigenvalue weighted by molar-refractivity contribution is 5.75. The van der Waals surface area contributed by atoms with Gasteiger partial charge in [-0.2, -0.15) is 0 Å². The quantitative estimate of drug-likeness (QED) is 0.602. The molecule has 0 fully saturated rings. The Kier molecular flexibility index (Phi) is 5.43. The van der Waals surface area contributed by atoms with Crippen LogP contribution in [0.5, 0.6) is 0 Å². The Labute approximate surface area is 102 Å². The van der Waals surface area contributed by atoms with E-state index in [1.54, 1.807) is 0 Å². The van der Waals surface area contributed by atoms with Crippen molar-refractivity contribution in [1.82, 2.24) is 0 Å². The maximum absolute atomic E-state index is 11.2. The molecule has 2 N–H and O–H groups in total. The summed E-state index contributed by atoms with van der Waals surface area (Å²) in [5.74, 6) is -0.374. The molecule has 0 spiro atoms. The molecule has 0 aliphatic rings. The van der Waals surface area contributed by atoms with E-state index < -0.39 is 6.04 Å². The molecule has 0 unspecified atom stereocenters. The summed E-state index contributed by atoms with van der Waals surface area (Å²) in [6, 6.07) is 7.53. The maximum atomic E-state index is 11.2. The predicted octanol–water partition coefficient (Wildman–Crippen LogP) is 1.85. The highest BCUT2D eigenvalue weighted by Crippen LogP contribution is 2.09. The minimum Gasteiger partial charge on any atom is -0.468 e. The summed E-state index contributed by atoms with van der Waals surface area (Å²) in [5.41, 5.74) is 8.00. The molecule has 1 atom stereocenters. The zero-order valence-electron chi connectivity index (χ0n) is 10.2. The smallest absolute Gasteiger partial charge is 0.322 e. The number of carbonyl (C=O) groups is 1. The molecule has 1 aromatic carbocycles. The van der Waals surface area contributed by atoms with E-state index in [1.807, 2.05) is 18.2 Å². The topological polar surface area (TPSA) is 52.3 Å². The normalized spacial score (nSPS) is 11.9. The molecule has 1 aromatic rings. The van der Waals surface area contributed by atoms with E-state index in [0.29, 0.717) is 6.42 Å². The number of aryl methyl sites for hydroxylation is 1. The van der Waals surface area contributed by atoms with Crippen LogP contribution in [0.4, 0.5) is 0 Å². The molecule has 17 heavy (non-hydrogen) atoms. The van der Waals surface area contributed by atoms with Gasteiger partial charge in [0, 0.05) is 0 Å². The lowest BCUT2D eigenvalue weighted by molar-refractivity contribution is -0.142. The summed E-state index contributed by atoms with van der Waals surface area (Å²) >= 11 is 0. The zero-order valence-corrected chi connectivity index (χ0v) is 10.2. The molecule has 92 valence electrons. The number of esters is 1. The first-order valence-corrected chi connectivity index (χ1v) is 5.69. The van der Waals surface area contributed by atoms with Gasteiger partial charge in [0.15, 0.2) is 0 Å². The highest BCUT2D eigenvalue weighted by Gasteiger charge is 2.13. The Hall–Kier alpha value is -1.61. The minimum absolute atomic E-state index is 0.374. The fourth-order valence-electron chi connectivity index (χ4n) is 1.60. The molecule has 0 saturated carbocycles. The lowest BCUT2D eigenvalue weighted by Crippen LogP contribution is -2.33. The SMILES string of the molecule is C=CCCc1ccc(C[C@H](N)C(=O)OC)cc1. The second-order valence-electron chi connectivity index (χ2n) is 3.98. The molecular weight excluding hydrogens is 214 g/mol. The third kappa shape index (κ3) is 4.41. The Balaban J connectivity index is 2.55. The van der Waals surface area contributed by atoms with Crippen LogP contribution in [0.1, 0.15) is 17.5 Å². The van der Waals surface area contributed by atoms with E-state index in [2.05, 4.69) is 23.4 Å². The van der Waals surface area contributed by atoms with Crippen LogP contribution >= 0.6 is 0 Å². The fourth-order valence-corrected chi connectivity index (χ4v) is 1.60. The van der Waals surface area contributed by atoms with Crippen molar-refractivity contribution < 1.29 is 9.53 Å². The van der Waals surface area contributed by atoms with Crippen molar-refractivity contribution in [3.63, 3.8) is 0 Å². The Bertz CT molecular complexity index is 370. The number of ether oxygens (including phenoxy) is 1. The number of benzene rings is 1. The number of allylic oxidation sites excluding steroid dienone is 1. The molecule has 3 heteroatoms. The van der Waals surface area contributed by atoms with E-state index >= 15 is 0 Å². The minimum atomic E-state index is -0.584. The lowest BCUT2D eigenvalue weighted by Gasteiger charge is -2.09. The number of methoxy groups -OCH3 is 1. The van der Waals surface area contributed by atoms with Crippen LogP contribution in [0, 0.1) is 0 Å². The molecule has 0 heterocycles. The van der Waals surface area contributed by atoms with Gasteiger partial charge in [0.1, 0.15) is 6.04 Å². The standard InChI is InChI=1S/C14H19NO2/c1-3-4-5-11-6-8-12(9-7-11)10-13(15)14(16)17-2/h3,6-9,13H,1,4-5,10,15H2,2H3/t13-/m0/s1. The molecule has 0 aliphatic carbocycles. The van der Waals surface area contributed by atoms with Gasteiger partial charge >= 0.3 is 5.97 Å². The van der Waals surface area contributed by atoms with Gasteiger partial charge in [-0.3, -0.25) is 4.79 Å². The zero-order chi connectivity index (χ0) is 12.7. The van der Waals surface area contributed by atoms with Crippen molar-refractivity contribution in [2.75, 3.05) is 7.11 Å². The highest BCUT2D eigenvalue weighted by atomic mass is 16.5. The number of nitrogens with two attached hydrogens (primary N) is 1. The largest absolute Gasteiger partial charge is 0.468 e. The summed E-state index contributed by atoms with van der Waals surface area (Å²) in [6.45, 7) is 3.69. The van der Waals surface area contributed by atoms with Crippen molar-refractivity contribution >= 4 is 5.97 Å². The van der Waals surface area contributed by atoms with Gasteiger partial charge in [-0.15, -0.1) is 6.58 Å². The van der Waals surface area contributed by atoms with Crippen molar-refractivity contribution in [2.24, 2.45) is 5.73 Å². The lowest BCUT2D eigenvalue weighted by atomic mass is 10.0. The van der Waals surface area contributed by atoms with E-state index in [9.17, 15) is 4.79 Å². The van der Waals surface area contributed by atoms with Crippen molar-refractivity contribution in [1.29, 1.82) is 0 Å². The molecule has 3 nitrogen and oxygen atoms in total. The van der Waals surface area contributed by atoms with Gasteiger partial charge in [0.25, 0.3) is 0 Å². The summed E-state index contributed by atoms with van der Waals surface area (Å²) in [4.78, 5) is 11.2. The van der Waals surface area contributed by atoms with Crippen LogP contribution in [0.2, 0.25) is 0 Å².